The van der Waals surface area contributed by atoms with E-state index in [9.17, 15) is 4.79 Å². The van der Waals surface area contributed by atoms with Gasteiger partial charge in [0.15, 0.2) is 0 Å². The van der Waals surface area contributed by atoms with E-state index in [1.54, 1.807) is 0 Å². The maximum Gasteiger partial charge on any atom is 0.227 e. The summed E-state index contributed by atoms with van der Waals surface area (Å²) in [6.07, 6.45) is 0. The summed E-state index contributed by atoms with van der Waals surface area (Å²) in [6.45, 7) is 9.71. The molecule has 0 bridgehead atoms. The van der Waals surface area contributed by atoms with E-state index in [2.05, 4.69) is 13.8 Å². The predicted octanol–water partition coefficient (Wildman–Crippen LogP) is 2.83. The van der Waals surface area contributed by atoms with Crippen LogP contribution in [0, 0.1) is 11.8 Å². The van der Waals surface area contributed by atoms with Gasteiger partial charge < -0.3 is 10.6 Å². The smallest absolute Gasteiger partial charge is 0.227 e. The minimum Gasteiger partial charge on any atom is -0.342 e. The molecule has 1 aromatic rings. The molecule has 2 unspecified atom stereocenters. The lowest BCUT2D eigenvalue weighted by molar-refractivity contribution is -0.136. The molecule has 1 amide bonds. The number of nitrogens with two attached hydrogens (primary N) is 1. The Morgan fingerprint density at radius 2 is 1.79 bits per heavy atom. The van der Waals surface area contributed by atoms with Crippen molar-refractivity contribution in [2.75, 3.05) is 13.1 Å². The summed E-state index contributed by atoms with van der Waals surface area (Å²) < 4.78 is 0. The zero-order valence-electron chi connectivity index (χ0n) is 12.5. The van der Waals surface area contributed by atoms with E-state index in [1.807, 2.05) is 49.1 Å². The molecule has 0 spiro atoms. The molecule has 2 N–H and O–H groups in total. The van der Waals surface area contributed by atoms with E-state index >= 15 is 0 Å². The summed E-state index contributed by atoms with van der Waals surface area (Å²) in [7, 11) is 0. The minimum atomic E-state index is -0.241. The topological polar surface area (TPSA) is 46.3 Å². The second-order valence-corrected chi connectivity index (χ2v) is 5.50. The van der Waals surface area contributed by atoms with E-state index < -0.39 is 0 Å². The van der Waals surface area contributed by atoms with Crippen molar-refractivity contribution in [2.45, 2.75) is 33.7 Å². The van der Waals surface area contributed by atoms with Crippen LogP contribution < -0.4 is 5.73 Å². The van der Waals surface area contributed by atoms with Gasteiger partial charge in [0.1, 0.15) is 0 Å². The summed E-state index contributed by atoms with van der Waals surface area (Å²) in [4.78, 5) is 14.4. The number of hydrogen-bond donors (Lipinski definition) is 1. The number of carbonyl (C=O) groups excluding carboxylic acids is 1. The van der Waals surface area contributed by atoms with Gasteiger partial charge in [0.2, 0.25) is 5.91 Å². The fourth-order valence-electron chi connectivity index (χ4n) is 2.22. The molecule has 0 heterocycles. The summed E-state index contributed by atoms with van der Waals surface area (Å²) >= 11 is 0. The molecule has 0 radical (unpaired) electrons. The van der Waals surface area contributed by atoms with Gasteiger partial charge in [-0.05, 0) is 18.4 Å². The molecule has 1 aromatic carbocycles. The van der Waals surface area contributed by atoms with Crippen LogP contribution in [0.4, 0.5) is 0 Å². The number of amides is 1. The average molecular weight is 262 g/mol. The minimum absolute atomic E-state index is 0.146. The van der Waals surface area contributed by atoms with Crippen LogP contribution >= 0.6 is 0 Å². The van der Waals surface area contributed by atoms with E-state index in [1.165, 1.54) is 0 Å². The van der Waals surface area contributed by atoms with E-state index in [0.29, 0.717) is 5.92 Å². The Morgan fingerprint density at radius 3 is 2.26 bits per heavy atom. The van der Waals surface area contributed by atoms with Crippen molar-refractivity contribution >= 4 is 5.91 Å². The van der Waals surface area contributed by atoms with Crippen molar-refractivity contribution in [1.82, 2.24) is 4.90 Å². The first kappa shape index (κ1) is 15.7. The van der Waals surface area contributed by atoms with Crippen molar-refractivity contribution in [1.29, 1.82) is 0 Å². The van der Waals surface area contributed by atoms with Crippen LogP contribution in [0.15, 0.2) is 30.3 Å². The third kappa shape index (κ3) is 4.35. The maximum absolute atomic E-state index is 12.5. The first-order valence-electron chi connectivity index (χ1n) is 7.06. The molecule has 2 atom stereocenters. The third-order valence-electron chi connectivity index (χ3n) is 3.39. The summed E-state index contributed by atoms with van der Waals surface area (Å²) in [5, 5.41) is 0. The Morgan fingerprint density at radius 1 is 1.21 bits per heavy atom. The van der Waals surface area contributed by atoms with Crippen molar-refractivity contribution in [3.05, 3.63) is 35.9 Å². The standard InChI is InChI=1S/C16H26N2O/c1-5-18(11-12(2)3)16(19)13(4)15(17)14-9-7-6-8-10-14/h6-10,12-13,15H,5,11,17H2,1-4H3. The van der Waals surface area contributed by atoms with Crippen LogP contribution in [0.3, 0.4) is 0 Å². The van der Waals surface area contributed by atoms with E-state index in [-0.39, 0.29) is 17.9 Å². The van der Waals surface area contributed by atoms with Gasteiger partial charge in [-0.3, -0.25) is 4.79 Å². The fraction of sp³-hybridized carbons (Fsp3) is 0.562. The van der Waals surface area contributed by atoms with Gasteiger partial charge in [-0.25, -0.2) is 0 Å². The highest BCUT2D eigenvalue weighted by Crippen LogP contribution is 2.21. The molecule has 19 heavy (non-hydrogen) atoms. The zero-order chi connectivity index (χ0) is 14.4. The predicted molar refractivity (Wildman–Crippen MR) is 79.6 cm³/mol. The van der Waals surface area contributed by atoms with Gasteiger partial charge in [0.05, 0.1) is 5.92 Å². The van der Waals surface area contributed by atoms with Crippen molar-refractivity contribution in [2.24, 2.45) is 17.6 Å². The second kappa shape index (κ2) is 7.29. The molecule has 0 aliphatic heterocycles. The molecule has 0 saturated heterocycles. The molecular weight excluding hydrogens is 236 g/mol. The second-order valence-electron chi connectivity index (χ2n) is 5.50. The molecule has 0 fully saturated rings. The lowest BCUT2D eigenvalue weighted by Gasteiger charge is -2.29. The Hall–Kier alpha value is -1.35. The molecule has 1 rings (SSSR count). The van der Waals surface area contributed by atoms with Crippen LogP contribution in [-0.2, 0) is 4.79 Å². The summed E-state index contributed by atoms with van der Waals surface area (Å²) in [5.74, 6) is 0.428. The average Bonchev–Trinajstić information content (AvgIpc) is 2.43. The number of nitrogens with zero attached hydrogens (tertiary/aromatic N) is 1. The Labute approximate surface area is 116 Å². The Bertz CT molecular complexity index is 389. The first-order valence-corrected chi connectivity index (χ1v) is 7.06. The first-order chi connectivity index (χ1) is 8.97. The number of hydrogen-bond acceptors (Lipinski definition) is 2. The molecule has 0 aliphatic carbocycles. The fourth-order valence-corrected chi connectivity index (χ4v) is 2.22. The van der Waals surface area contributed by atoms with Crippen LogP contribution in [0.25, 0.3) is 0 Å². The van der Waals surface area contributed by atoms with Crippen LogP contribution in [0.2, 0.25) is 0 Å². The van der Waals surface area contributed by atoms with Crippen LogP contribution in [0.5, 0.6) is 0 Å². The largest absolute Gasteiger partial charge is 0.342 e. The molecule has 3 heteroatoms. The normalized spacial score (nSPS) is 14.2. The highest BCUT2D eigenvalue weighted by Gasteiger charge is 2.26. The highest BCUT2D eigenvalue weighted by atomic mass is 16.2. The lowest BCUT2D eigenvalue weighted by atomic mass is 9.94. The number of rotatable bonds is 6. The van der Waals surface area contributed by atoms with E-state index in [4.69, 9.17) is 5.73 Å². The summed E-state index contributed by atoms with van der Waals surface area (Å²) in [6, 6.07) is 9.59. The maximum atomic E-state index is 12.5. The lowest BCUT2D eigenvalue weighted by Crippen LogP contribution is -2.41. The number of carbonyl (C=O) groups is 1. The van der Waals surface area contributed by atoms with E-state index in [0.717, 1.165) is 18.7 Å². The van der Waals surface area contributed by atoms with Crippen molar-refractivity contribution in [3.63, 3.8) is 0 Å². The molecule has 0 aromatic heterocycles. The zero-order valence-corrected chi connectivity index (χ0v) is 12.5. The van der Waals surface area contributed by atoms with Crippen LogP contribution in [0.1, 0.15) is 39.3 Å². The van der Waals surface area contributed by atoms with Gasteiger partial charge in [0.25, 0.3) is 0 Å². The van der Waals surface area contributed by atoms with Crippen molar-refractivity contribution in [3.8, 4) is 0 Å². The SMILES string of the molecule is CCN(CC(C)C)C(=O)C(C)C(N)c1ccccc1. The molecule has 0 aliphatic rings. The molecule has 106 valence electrons. The van der Waals surface area contributed by atoms with Gasteiger partial charge in [-0.2, -0.15) is 0 Å². The van der Waals surface area contributed by atoms with Gasteiger partial charge in [0, 0.05) is 19.1 Å². The third-order valence-corrected chi connectivity index (χ3v) is 3.39. The molecular formula is C16H26N2O. The van der Waals surface area contributed by atoms with Crippen LogP contribution in [-0.4, -0.2) is 23.9 Å². The van der Waals surface area contributed by atoms with Gasteiger partial charge in [-0.1, -0.05) is 51.1 Å². The quantitative estimate of drug-likeness (QED) is 0.857. The van der Waals surface area contributed by atoms with Gasteiger partial charge >= 0.3 is 0 Å². The highest BCUT2D eigenvalue weighted by molar-refractivity contribution is 5.79. The Kier molecular flexibility index (Phi) is 6.03. The monoisotopic (exact) mass is 262 g/mol. The molecule has 3 nitrogen and oxygen atoms in total. The van der Waals surface area contributed by atoms with Crippen molar-refractivity contribution < 1.29 is 4.79 Å². The number of benzene rings is 1. The molecule has 0 saturated carbocycles. The van der Waals surface area contributed by atoms with Gasteiger partial charge in [-0.15, -0.1) is 0 Å². The summed E-state index contributed by atoms with van der Waals surface area (Å²) in [5.41, 5.74) is 7.23. The Balaban J connectivity index is 2.75.